The average Bonchev–Trinajstić information content (AvgIpc) is 2.45. The summed E-state index contributed by atoms with van der Waals surface area (Å²) in [4.78, 5) is 12.0. The molecule has 1 amide bonds. The molecule has 0 aliphatic heterocycles. The number of nitrogens with two attached hydrogens (primary N) is 1. The molecular weight excluding hydrogens is 340 g/mol. The molecule has 0 aromatic heterocycles. The van der Waals surface area contributed by atoms with Crippen LogP contribution in [-0.2, 0) is 0 Å². The molecule has 2 aromatic rings. The van der Waals surface area contributed by atoms with Gasteiger partial charge in [-0.25, -0.2) is 0 Å². The van der Waals surface area contributed by atoms with E-state index in [0.29, 0.717) is 17.1 Å². The molecule has 5 heteroatoms. The summed E-state index contributed by atoms with van der Waals surface area (Å²) in [5, 5.41) is 3.20. The van der Waals surface area contributed by atoms with E-state index in [1.165, 1.54) is 0 Å². The van der Waals surface area contributed by atoms with Crippen LogP contribution in [0.5, 0.6) is 0 Å². The van der Waals surface area contributed by atoms with Gasteiger partial charge in [-0.15, -0.1) is 0 Å². The Morgan fingerprint density at radius 2 is 1.95 bits per heavy atom. The monoisotopic (exact) mass is 352 g/mol. The lowest BCUT2D eigenvalue weighted by molar-refractivity contribution is 0.0951. The maximum atomic E-state index is 12.0. The maximum absolute atomic E-state index is 12.0. The van der Waals surface area contributed by atoms with E-state index in [1.807, 2.05) is 30.3 Å². The Labute approximate surface area is 131 Å². The van der Waals surface area contributed by atoms with Crippen molar-refractivity contribution in [2.24, 2.45) is 5.73 Å². The van der Waals surface area contributed by atoms with E-state index in [1.54, 1.807) is 18.2 Å². The predicted octanol–water partition coefficient (Wildman–Crippen LogP) is 3.53. The van der Waals surface area contributed by atoms with Crippen LogP contribution in [0.4, 0.5) is 0 Å². The van der Waals surface area contributed by atoms with Crippen molar-refractivity contribution in [2.75, 3.05) is 6.54 Å². The molecule has 0 saturated carbocycles. The van der Waals surface area contributed by atoms with Crippen LogP contribution in [-0.4, -0.2) is 12.5 Å². The SMILES string of the molecule is NC(CNC(=O)c1ccc(Br)cc1Cl)c1ccccc1. The molecule has 0 saturated heterocycles. The second-order valence-electron chi connectivity index (χ2n) is 4.35. The van der Waals surface area contributed by atoms with Crippen molar-refractivity contribution >= 4 is 33.4 Å². The van der Waals surface area contributed by atoms with Gasteiger partial charge in [-0.2, -0.15) is 0 Å². The van der Waals surface area contributed by atoms with E-state index in [-0.39, 0.29) is 11.9 Å². The number of hydrogen-bond donors (Lipinski definition) is 2. The normalized spacial score (nSPS) is 11.9. The molecule has 0 spiro atoms. The zero-order valence-corrected chi connectivity index (χ0v) is 13.0. The number of halogens is 2. The number of amides is 1. The minimum absolute atomic E-state index is 0.228. The van der Waals surface area contributed by atoms with Crippen molar-refractivity contribution in [1.29, 1.82) is 0 Å². The minimum atomic E-state index is -0.241. The molecule has 2 rings (SSSR count). The van der Waals surface area contributed by atoms with E-state index in [4.69, 9.17) is 17.3 Å². The van der Waals surface area contributed by atoms with E-state index in [9.17, 15) is 4.79 Å². The highest BCUT2D eigenvalue weighted by molar-refractivity contribution is 9.10. The van der Waals surface area contributed by atoms with Crippen LogP contribution in [0.15, 0.2) is 53.0 Å². The molecular formula is C15H14BrClN2O. The van der Waals surface area contributed by atoms with Gasteiger partial charge in [-0.1, -0.05) is 57.9 Å². The number of benzene rings is 2. The first-order chi connectivity index (χ1) is 9.58. The lowest BCUT2D eigenvalue weighted by Crippen LogP contribution is -2.32. The van der Waals surface area contributed by atoms with E-state index < -0.39 is 0 Å². The molecule has 3 N–H and O–H groups in total. The number of nitrogens with one attached hydrogen (secondary N) is 1. The third-order valence-corrected chi connectivity index (χ3v) is 3.69. The van der Waals surface area contributed by atoms with Crippen molar-refractivity contribution < 1.29 is 4.79 Å². The maximum Gasteiger partial charge on any atom is 0.252 e. The van der Waals surface area contributed by atoms with E-state index >= 15 is 0 Å². The van der Waals surface area contributed by atoms with Crippen molar-refractivity contribution in [2.45, 2.75) is 6.04 Å². The van der Waals surface area contributed by atoms with Gasteiger partial charge in [0.1, 0.15) is 0 Å². The topological polar surface area (TPSA) is 55.1 Å². The Hall–Kier alpha value is -1.36. The second kappa shape index (κ2) is 6.88. The lowest BCUT2D eigenvalue weighted by Gasteiger charge is -2.13. The molecule has 104 valence electrons. The summed E-state index contributed by atoms with van der Waals surface area (Å²) in [6, 6.07) is 14.5. The largest absolute Gasteiger partial charge is 0.350 e. The summed E-state index contributed by atoms with van der Waals surface area (Å²) in [6.07, 6.45) is 0. The highest BCUT2D eigenvalue weighted by Gasteiger charge is 2.12. The quantitative estimate of drug-likeness (QED) is 0.883. The molecule has 0 heterocycles. The molecule has 0 fully saturated rings. The van der Waals surface area contributed by atoms with Gasteiger partial charge in [-0.3, -0.25) is 4.79 Å². The van der Waals surface area contributed by atoms with Crippen molar-refractivity contribution in [3.63, 3.8) is 0 Å². The fraction of sp³-hybridized carbons (Fsp3) is 0.133. The van der Waals surface area contributed by atoms with Crippen LogP contribution in [0.2, 0.25) is 5.02 Å². The highest BCUT2D eigenvalue weighted by atomic mass is 79.9. The van der Waals surface area contributed by atoms with E-state index in [0.717, 1.165) is 10.0 Å². The van der Waals surface area contributed by atoms with Gasteiger partial charge in [0.05, 0.1) is 10.6 Å². The fourth-order valence-corrected chi connectivity index (χ4v) is 2.55. The molecule has 0 radical (unpaired) electrons. The Morgan fingerprint density at radius 3 is 2.60 bits per heavy atom. The predicted molar refractivity (Wildman–Crippen MR) is 84.9 cm³/mol. The molecule has 3 nitrogen and oxygen atoms in total. The summed E-state index contributed by atoms with van der Waals surface area (Å²) in [6.45, 7) is 0.356. The van der Waals surface area contributed by atoms with E-state index in [2.05, 4.69) is 21.2 Å². The fourth-order valence-electron chi connectivity index (χ4n) is 1.79. The standard InChI is InChI=1S/C15H14BrClN2O/c16-11-6-7-12(13(17)8-11)15(20)19-9-14(18)10-4-2-1-3-5-10/h1-8,14H,9,18H2,(H,19,20). The zero-order valence-electron chi connectivity index (χ0n) is 10.6. The third kappa shape index (κ3) is 3.82. The summed E-state index contributed by atoms with van der Waals surface area (Å²) < 4.78 is 0.833. The highest BCUT2D eigenvalue weighted by Crippen LogP contribution is 2.21. The minimum Gasteiger partial charge on any atom is -0.350 e. The summed E-state index contributed by atoms with van der Waals surface area (Å²) in [5.74, 6) is -0.228. The molecule has 0 aliphatic rings. The van der Waals surface area contributed by atoms with Gasteiger partial charge < -0.3 is 11.1 Å². The smallest absolute Gasteiger partial charge is 0.252 e. The van der Waals surface area contributed by atoms with Crippen LogP contribution in [0.25, 0.3) is 0 Å². The average molecular weight is 354 g/mol. The summed E-state index contributed by atoms with van der Waals surface area (Å²) in [7, 11) is 0. The van der Waals surface area contributed by atoms with Gasteiger partial charge in [0.15, 0.2) is 0 Å². The number of carbonyl (C=O) groups is 1. The van der Waals surface area contributed by atoms with Crippen LogP contribution in [0, 0.1) is 0 Å². The van der Waals surface area contributed by atoms with Crippen LogP contribution in [0.1, 0.15) is 22.0 Å². The van der Waals surface area contributed by atoms with Crippen LogP contribution in [0.3, 0.4) is 0 Å². The Bertz CT molecular complexity index is 604. The van der Waals surface area contributed by atoms with Gasteiger partial charge in [0.2, 0.25) is 0 Å². The van der Waals surface area contributed by atoms with Gasteiger partial charge in [0, 0.05) is 17.1 Å². The molecule has 1 unspecified atom stereocenters. The molecule has 0 bridgehead atoms. The first-order valence-corrected chi connectivity index (χ1v) is 7.29. The second-order valence-corrected chi connectivity index (χ2v) is 5.67. The lowest BCUT2D eigenvalue weighted by atomic mass is 10.1. The third-order valence-electron chi connectivity index (χ3n) is 2.89. The molecule has 2 aromatic carbocycles. The van der Waals surface area contributed by atoms with Crippen LogP contribution < -0.4 is 11.1 Å². The molecule has 0 aliphatic carbocycles. The first-order valence-electron chi connectivity index (χ1n) is 6.11. The number of rotatable bonds is 4. The van der Waals surface area contributed by atoms with Gasteiger partial charge in [0.25, 0.3) is 5.91 Å². The Kier molecular flexibility index (Phi) is 5.17. The zero-order chi connectivity index (χ0) is 14.5. The van der Waals surface area contributed by atoms with Gasteiger partial charge >= 0.3 is 0 Å². The number of hydrogen-bond acceptors (Lipinski definition) is 2. The Morgan fingerprint density at radius 1 is 1.25 bits per heavy atom. The van der Waals surface area contributed by atoms with Crippen molar-refractivity contribution in [1.82, 2.24) is 5.32 Å². The molecule has 20 heavy (non-hydrogen) atoms. The van der Waals surface area contributed by atoms with Crippen molar-refractivity contribution in [3.8, 4) is 0 Å². The summed E-state index contributed by atoms with van der Waals surface area (Å²) in [5.41, 5.74) is 7.45. The first kappa shape index (κ1) is 15.0. The summed E-state index contributed by atoms with van der Waals surface area (Å²) >= 11 is 9.34. The van der Waals surface area contributed by atoms with Crippen LogP contribution >= 0.6 is 27.5 Å². The molecule has 1 atom stereocenters. The Balaban J connectivity index is 1.99. The van der Waals surface area contributed by atoms with Gasteiger partial charge in [-0.05, 0) is 23.8 Å². The number of carbonyl (C=O) groups excluding carboxylic acids is 1. The van der Waals surface area contributed by atoms with Crippen molar-refractivity contribution in [3.05, 3.63) is 69.2 Å².